The first kappa shape index (κ1) is 12.2. The second-order valence-electron chi connectivity index (χ2n) is 3.30. The minimum absolute atomic E-state index is 0.0201. The fraction of sp³-hybridized carbons (Fsp3) is 0.333. The van der Waals surface area contributed by atoms with E-state index in [2.05, 4.69) is 11.4 Å². The van der Waals surface area contributed by atoms with Crippen LogP contribution in [-0.2, 0) is 6.61 Å². The molecule has 1 aromatic rings. The van der Waals surface area contributed by atoms with Gasteiger partial charge in [0.15, 0.2) is 0 Å². The van der Waals surface area contributed by atoms with E-state index >= 15 is 0 Å². The van der Waals surface area contributed by atoms with Crippen molar-refractivity contribution in [3.05, 3.63) is 40.4 Å². The molecule has 0 saturated carbocycles. The number of benzene rings is 1. The molecule has 2 nitrogen and oxygen atoms in total. The maximum atomic E-state index is 9.14. The highest BCUT2D eigenvalue weighted by Crippen LogP contribution is 2.17. The number of hydrogen-bond acceptors (Lipinski definition) is 2. The zero-order valence-corrected chi connectivity index (χ0v) is 9.59. The minimum Gasteiger partial charge on any atom is -0.392 e. The van der Waals surface area contributed by atoms with Gasteiger partial charge in [0.25, 0.3) is 0 Å². The van der Waals surface area contributed by atoms with Gasteiger partial charge in [0.05, 0.1) is 6.61 Å². The summed E-state index contributed by atoms with van der Waals surface area (Å²) in [7, 11) is 1.93. The molecule has 0 aliphatic rings. The Balaban J connectivity index is 2.71. The first-order chi connectivity index (χ1) is 7.27. The molecule has 0 radical (unpaired) electrons. The van der Waals surface area contributed by atoms with Crippen molar-refractivity contribution in [1.82, 2.24) is 5.32 Å². The average Bonchev–Trinajstić information content (AvgIpc) is 2.26. The molecule has 0 fully saturated rings. The van der Waals surface area contributed by atoms with Gasteiger partial charge in [-0.3, -0.25) is 0 Å². The second-order valence-corrected chi connectivity index (χ2v) is 3.73. The molecule has 0 saturated heterocycles. The zero-order chi connectivity index (χ0) is 11.1. The van der Waals surface area contributed by atoms with E-state index in [0.29, 0.717) is 5.02 Å². The molecule has 2 N–H and O–H groups in total. The van der Waals surface area contributed by atoms with E-state index in [4.69, 9.17) is 16.7 Å². The van der Waals surface area contributed by atoms with E-state index in [0.717, 1.165) is 24.1 Å². The Labute approximate surface area is 95.6 Å². The maximum absolute atomic E-state index is 9.14. The first-order valence-electron chi connectivity index (χ1n) is 4.98. The van der Waals surface area contributed by atoms with Crippen LogP contribution in [0.4, 0.5) is 0 Å². The van der Waals surface area contributed by atoms with E-state index in [1.54, 1.807) is 6.07 Å². The zero-order valence-electron chi connectivity index (χ0n) is 8.83. The number of hydrogen-bond donors (Lipinski definition) is 2. The van der Waals surface area contributed by atoms with E-state index in [9.17, 15) is 0 Å². The molecule has 1 aromatic carbocycles. The molecule has 0 heterocycles. The number of halogens is 1. The molecule has 82 valence electrons. The van der Waals surface area contributed by atoms with Gasteiger partial charge >= 0.3 is 0 Å². The smallest absolute Gasteiger partial charge is 0.0688 e. The van der Waals surface area contributed by atoms with E-state index in [1.165, 1.54) is 0 Å². The van der Waals surface area contributed by atoms with Gasteiger partial charge in [-0.2, -0.15) is 0 Å². The summed E-state index contributed by atoms with van der Waals surface area (Å²) in [6.45, 7) is 0.977. The van der Waals surface area contributed by atoms with Crippen molar-refractivity contribution in [3.63, 3.8) is 0 Å². The Kier molecular flexibility index (Phi) is 5.40. The van der Waals surface area contributed by atoms with Gasteiger partial charge in [0, 0.05) is 5.02 Å². The highest BCUT2D eigenvalue weighted by molar-refractivity contribution is 6.30. The van der Waals surface area contributed by atoms with Gasteiger partial charge in [0.1, 0.15) is 0 Å². The average molecular weight is 226 g/mol. The summed E-state index contributed by atoms with van der Waals surface area (Å²) in [5.74, 6) is 0. The van der Waals surface area contributed by atoms with Crippen molar-refractivity contribution >= 4 is 17.7 Å². The first-order valence-corrected chi connectivity index (χ1v) is 5.36. The van der Waals surface area contributed by atoms with Crippen LogP contribution in [0, 0.1) is 0 Å². The molecule has 0 aliphatic carbocycles. The Morgan fingerprint density at radius 3 is 2.93 bits per heavy atom. The van der Waals surface area contributed by atoms with Gasteiger partial charge in [-0.25, -0.2) is 0 Å². The molecule has 0 spiro atoms. The van der Waals surface area contributed by atoms with Crippen LogP contribution in [0.15, 0.2) is 24.3 Å². The third-order valence-corrected chi connectivity index (χ3v) is 2.37. The van der Waals surface area contributed by atoms with Crippen LogP contribution in [0.1, 0.15) is 17.5 Å². The number of nitrogens with one attached hydrogen (secondary N) is 1. The molecule has 0 amide bonds. The van der Waals surface area contributed by atoms with Crippen LogP contribution >= 0.6 is 11.6 Å². The van der Waals surface area contributed by atoms with Crippen molar-refractivity contribution < 1.29 is 5.11 Å². The summed E-state index contributed by atoms with van der Waals surface area (Å²) in [4.78, 5) is 0. The number of rotatable bonds is 5. The third-order valence-electron chi connectivity index (χ3n) is 2.13. The van der Waals surface area contributed by atoms with E-state index < -0.39 is 0 Å². The van der Waals surface area contributed by atoms with Gasteiger partial charge in [-0.05, 0) is 43.3 Å². The minimum atomic E-state index is 0.0201. The van der Waals surface area contributed by atoms with Crippen molar-refractivity contribution in [2.24, 2.45) is 0 Å². The summed E-state index contributed by atoms with van der Waals surface area (Å²) >= 11 is 5.83. The lowest BCUT2D eigenvalue weighted by atomic mass is 10.1. The lowest BCUT2D eigenvalue weighted by Gasteiger charge is -2.03. The Hall–Kier alpha value is -0.830. The summed E-state index contributed by atoms with van der Waals surface area (Å²) in [5, 5.41) is 12.9. The monoisotopic (exact) mass is 225 g/mol. The van der Waals surface area contributed by atoms with Gasteiger partial charge in [-0.1, -0.05) is 29.8 Å². The second kappa shape index (κ2) is 6.62. The highest BCUT2D eigenvalue weighted by atomic mass is 35.5. The highest BCUT2D eigenvalue weighted by Gasteiger charge is 1.98. The molecular formula is C12H16ClNO. The molecule has 0 atom stereocenters. The quantitative estimate of drug-likeness (QED) is 0.755. The van der Waals surface area contributed by atoms with E-state index in [-0.39, 0.29) is 6.61 Å². The molecule has 0 unspecified atom stereocenters. The fourth-order valence-electron chi connectivity index (χ4n) is 1.31. The Bertz CT molecular complexity index is 336. The number of aliphatic hydroxyl groups excluding tert-OH is 1. The topological polar surface area (TPSA) is 32.3 Å². The van der Waals surface area contributed by atoms with Crippen LogP contribution in [-0.4, -0.2) is 18.7 Å². The molecule has 1 rings (SSSR count). The summed E-state index contributed by atoms with van der Waals surface area (Å²) in [6, 6.07) is 5.54. The number of aliphatic hydroxyl groups is 1. The van der Waals surface area contributed by atoms with Crippen LogP contribution < -0.4 is 5.32 Å². The lowest BCUT2D eigenvalue weighted by molar-refractivity contribution is 0.281. The van der Waals surface area contributed by atoms with Crippen LogP contribution in [0.25, 0.3) is 6.08 Å². The Morgan fingerprint density at radius 1 is 1.47 bits per heavy atom. The Morgan fingerprint density at radius 2 is 2.27 bits per heavy atom. The predicted octanol–water partition coefficient (Wildman–Crippen LogP) is 2.46. The summed E-state index contributed by atoms with van der Waals surface area (Å²) < 4.78 is 0. The van der Waals surface area contributed by atoms with Crippen molar-refractivity contribution in [1.29, 1.82) is 0 Å². The maximum Gasteiger partial charge on any atom is 0.0688 e. The van der Waals surface area contributed by atoms with Crippen LogP contribution in [0.2, 0.25) is 5.02 Å². The van der Waals surface area contributed by atoms with Gasteiger partial charge in [0.2, 0.25) is 0 Å². The molecule has 15 heavy (non-hydrogen) atoms. The van der Waals surface area contributed by atoms with Crippen LogP contribution in [0.5, 0.6) is 0 Å². The molecule has 0 aromatic heterocycles. The largest absolute Gasteiger partial charge is 0.392 e. The van der Waals surface area contributed by atoms with Crippen LogP contribution in [0.3, 0.4) is 0 Å². The van der Waals surface area contributed by atoms with Crippen molar-refractivity contribution in [3.8, 4) is 0 Å². The normalized spacial score (nSPS) is 11.1. The fourth-order valence-corrected chi connectivity index (χ4v) is 1.51. The van der Waals surface area contributed by atoms with Crippen molar-refractivity contribution in [2.45, 2.75) is 13.0 Å². The SMILES string of the molecule is CNCCC=Cc1ccc(Cl)cc1CO. The summed E-state index contributed by atoms with van der Waals surface area (Å²) in [6.07, 6.45) is 5.07. The van der Waals surface area contributed by atoms with Gasteiger partial charge in [-0.15, -0.1) is 0 Å². The standard InChI is InChI=1S/C12H16ClNO/c1-14-7-3-2-4-10-5-6-12(13)8-11(10)9-15/h2,4-6,8,14-15H,3,7,9H2,1H3. The molecule has 0 bridgehead atoms. The molecule has 0 aliphatic heterocycles. The predicted molar refractivity (Wildman–Crippen MR) is 65.0 cm³/mol. The van der Waals surface area contributed by atoms with Gasteiger partial charge < -0.3 is 10.4 Å². The van der Waals surface area contributed by atoms with Crippen molar-refractivity contribution in [2.75, 3.05) is 13.6 Å². The third kappa shape index (κ3) is 4.04. The summed E-state index contributed by atoms with van der Waals surface area (Å²) in [5.41, 5.74) is 1.89. The molecular weight excluding hydrogens is 210 g/mol. The lowest BCUT2D eigenvalue weighted by Crippen LogP contribution is -2.05. The molecule has 3 heteroatoms. The van der Waals surface area contributed by atoms with E-state index in [1.807, 2.05) is 25.3 Å².